The highest BCUT2D eigenvalue weighted by Gasteiger charge is 2.24. The highest BCUT2D eigenvalue weighted by molar-refractivity contribution is 6.32. The highest BCUT2D eigenvalue weighted by atomic mass is 35.5. The molecular formula is C21H25ClN2O3. The second-order valence-electron chi connectivity index (χ2n) is 6.59. The first-order valence-electron chi connectivity index (χ1n) is 9.12. The van der Waals surface area contributed by atoms with E-state index in [1.807, 2.05) is 12.1 Å². The fraction of sp³-hybridized carbons (Fsp3) is 0.381. The van der Waals surface area contributed by atoms with Crippen LogP contribution in [0.2, 0.25) is 5.02 Å². The Balaban J connectivity index is 1.72. The number of ether oxygens (including phenoxy) is 2. The molecule has 1 aliphatic rings. The minimum absolute atomic E-state index is 0.135. The third-order valence-electron chi connectivity index (χ3n) is 4.95. The Morgan fingerprint density at radius 1 is 1.11 bits per heavy atom. The molecule has 1 saturated heterocycles. The number of nitrogens with zero attached hydrogens (tertiary/aromatic N) is 1. The average molecular weight is 389 g/mol. The van der Waals surface area contributed by atoms with Gasteiger partial charge >= 0.3 is 0 Å². The van der Waals surface area contributed by atoms with E-state index in [1.165, 1.54) is 18.4 Å². The molecule has 144 valence electrons. The zero-order valence-electron chi connectivity index (χ0n) is 15.7. The van der Waals surface area contributed by atoms with Gasteiger partial charge in [-0.2, -0.15) is 0 Å². The van der Waals surface area contributed by atoms with Crippen molar-refractivity contribution in [3.63, 3.8) is 0 Å². The number of hydrogen-bond acceptors (Lipinski definition) is 4. The third-order valence-corrected chi connectivity index (χ3v) is 5.25. The maximum Gasteiger partial charge on any atom is 0.251 e. The molecule has 1 heterocycles. The van der Waals surface area contributed by atoms with Crippen molar-refractivity contribution >= 4 is 17.5 Å². The second kappa shape index (κ2) is 9.11. The van der Waals surface area contributed by atoms with Crippen LogP contribution in [-0.2, 0) is 0 Å². The predicted molar refractivity (Wildman–Crippen MR) is 107 cm³/mol. The SMILES string of the molecule is COc1ccc(C(CNC(=O)c2ccc(OC)c(Cl)c2)N2CCCC2)cc1. The minimum Gasteiger partial charge on any atom is -0.497 e. The Morgan fingerprint density at radius 3 is 2.41 bits per heavy atom. The molecule has 1 fully saturated rings. The van der Waals surface area contributed by atoms with Crippen LogP contribution in [-0.4, -0.2) is 44.7 Å². The van der Waals surface area contributed by atoms with Gasteiger partial charge in [-0.05, 0) is 61.8 Å². The van der Waals surface area contributed by atoms with Crippen LogP contribution in [0, 0.1) is 0 Å². The molecule has 1 atom stereocenters. The topological polar surface area (TPSA) is 50.8 Å². The summed E-state index contributed by atoms with van der Waals surface area (Å²) < 4.78 is 10.4. The van der Waals surface area contributed by atoms with Crippen molar-refractivity contribution in [1.82, 2.24) is 10.2 Å². The normalized spacial score (nSPS) is 15.4. The van der Waals surface area contributed by atoms with Crippen LogP contribution in [0.4, 0.5) is 0 Å². The van der Waals surface area contributed by atoms with Crippen LogP contribution in [0.15, 0.2) is 42.5 Å². The van der Waals surface area contributed by atoms with Crippen LogP contribution < -0.4 is 14.8 Å². The van der Waals surface area contributed by atoms with Crippen LogP contribution in [0.1, 0.15) is 34.8 Å². The number of likely N-dealkylation sites (tertiary alicyclic amines) is 1. The summed E-state index contributed by atoms with van der Waals surface area (Å²) in [6, 6.07) is 13.3. The van der Waals surface area contributed by atoms with Gasteiger partial charge in [-0.15, -0.1) is 0 Å². The van der Waals surface area contributed by atoms with Crippen molar-refractivity contribution in [2.75, 3.05) is 33.9 Å². The summed E-state index contributed by atoms with van der Waals surface area (Å²) >= 11 is 6.14. The number of methoxy groups -OCH3 is 2. The Labute approximate surface area is 165 Å². The van der Waals surface area contributed by atoms with Crippen LogP contribution in [0.25, 0.3) is 0 Å². The summed E-state index contributed by atoms with van der Waals surface area (Å²) in [4.78, 5) is 15.0. The van der Waals surface area contributed by atoms with Crippen molar-refractivity contribution in [1.29, 1.82) is 0 Å². The zero-order valence-corrected chi connectivity index (χ0v) is 16.5. The Kier molecular flexibility index (Phi) is 6.58. The number of benzene rings is 2. The molecule has 0 radical (unpaired) electrons. The van der Waals surface area contributed by atoms with E-state index >= 15 is 0 Å². The van der Waals surface area contributed by atoms with E-state index in [2.05, 4.69) is 22.3 Å². The van der Waals surface area contributed by atoms with Gasteiger partial charge in [0.1, 0.15) is 11.5 Å². The monoisotopic (exact) mass is 388 g/mol. The molecule has 0 aromatic heterocycles. The number of carbonyl (C=O) groups excluding carboxylic acids is 1. The van der Waals surface area contributed by atoms with E-state index in [1.54, 1.807) is 32.4 Å². The minimum atomic E-state index is -0.141. The number of amides is 1. The summed E-state index contributed by atoms with van der Waals surface area (Å²) in [5, 5.41) is 3.48. The van der Waals surface area contributed by atoms with Crippen molar-refractivity contribution in [2.24, 2.45) is 0 Å². The molecule has 1 amide bonds. The van der Waals surface area contributed by atoms with Crippen molar-refractivity contribution in [3.05, 3.63) is 58.6 Å². The van der Waals surface area contributed by atoms with E-state index < -0.39 is 0 Å². The first-order valence-corrected chi connectivity index (χ1v) is 9.50. The van der Waals surface area contributed by atoms with E-state index in [4.69, 9.17) is 21.1 Å². The molecule has 5 nitrogen and oxygen atoms in total. The first kappa shape index (κ1) is 19.5. The lowest BCUT2D eigenvalue weighted by molar-refractivity contribution is 0.0938. The van der Waals surface area contributed by atoms with Crippen molar-refractivity contribution < 1.29 is 14.3 Å². The van der Waals surface area contributed by atoms with Gasteiger partial charge in [-0.3, -0.25) is 9.69 Å². The molecule has 0 aliphatic carbocycles. The molecule has 0 saturated carbocycles. The Morgan fingerprint density at radius 2 is 1.81 bits per heavy atom. The fourth-order valence-electron chi connectivity index (χ4n) is 3.44. The summed E-state index contributed by atoms with van der Waals surface area (Å²) in [6.07, 6.45) is 2.38. The number of carbonyl (C=O) groups is 1. The molecule has 27 heavy (non-hydrogen) atoms. The molecule has 1 unspecified atom stereocenters. The molecule has 0 bridgehead atoms. The van der Waals surface area contributed by atoms with E-state index in [0.717, 1.165) is 18.8 Å². The molecule has 2 aromatic rings. The van der Waals surface area contributed by atoms with Crippen LogP contribution in [0.3, 0.4) is 0 Å². The average Bonchev–Trinajstić information content (AvgIpc) is 3.23. The maximum atomic E-state index is 12.6. The van der Waals surface area contributed by atoms with Crippen molar-refractivity contribution in [3.8, 4) is 11.5 Å². The first-order chi connectivity index (χ1) is 13.1. The predicted octanol–water partition coefficient (Wildman–Crippen LogP) is 3.92. The van der Waals surface area contributed by atoms with Crippen LogP contribution in [0.5, 0.6) is 11.5 Å². The smallest absolute Gasteiger partial charge is 0.251 e. The Bertz CT molecular complexity index is 773. The van der Waals surface area contributed by atoms with Gasteiger partial charge in [0.15, 0.2) is 0 Å². The molecule has 1 aliphatic heterocycles. The maximum absolute atomic E-state index is 12.6. The summed E-state index contributed by atoms with van der Waals surface area (Å²) in [5.41, 5.74) is 1.70. The van der Waals surface area contributed by atoms with E-state index in [-0.39, 0.29) is 11.9 Å². The number of hydrogen-bond donors (Lipinski definition) is 1. The van der Waals surface area contributed by atoms with Gasteiger partial charge in [-0.1, -0.05) is 23.7 Å². The fourth-order valence-corrected chi connectivity index (χ4v) is 3.69. The molecule has 1 N–H and O–H groups in total. The van der Waals surface area contributed by atoms with Crippen LogP contribution >= 0.6 is 11.6 Å². The van der Waals surface area contributed by atoms with E-state index in [9.17, 15) is 4.79 Å². The molecular weight excluding hydrogens is 364 g/mol. The standard InChI is InChI=1S/C21H25ClN2O3/c1-26-17-8-5-15(6-9-17)19(24-11-3-4-12-24)14-23-21(25)16-7-10-20(27-2)18(22)13-16/h5-10,13,19H,3-4,11-12,14H2,1-2H3,(H,23,25). The summed E-state index contributed by atoms with van der Waals surface area (Å²) in [7, 11) is 3.21. The summed E-state index contributed by atoms with van der Waals surface area (Å²) in [5.74, 6) is 1.24. The lowest BCUT2D eigenvalue weighted by Gasteiger charge is -2.28. The van der Waals surface area contributed by atoms with Gasteiger partial charge in [-0.25, -0.2) is 0 Å². The lowest BCUT2D eigenvalue weighted by Crippen LogP contribution is -2.36. The van der Waals surface area contributed by atoms with Gasteiger partial charge in [0.05, 0.1) is 25.3 Å². The van der Waals surface area contributed by atoms with Crippen molar-refractivity contribution in [2.45, 2.75) is 18.9 Å². The highest BCUT2D eigenvalue weighted by Crippen LogP contribution is 2.27. The molecule has 3 rings (SSSR count). The number of nitrogens with one attached hydrogen (secondary N) is 1. The molecule has 2 aromatic carbocycles. The third kappa shape index (κ3) is 4.73. The quantitative estimate of drug-likeness (QED) is 0.780. The van der Waals surface area contributed by atoms with Gasteiger partial charge in [0, 0.05) is 12.1 Å². The lowest BCUT2D eigenvalue weighted by atomic mass is 10.0. The zero-order chi connectivity index (χ0) is 19.2. The Hall–Kier alpha value is -2.24. The van der Waals surface area contributed by atoms with Gasteiger partial charge in [0.2, 0.25) is 0 Å². The summed E-state index contributed by atoms with van der Waals surface area (Å²) in [6.45, 7) is 2.62. The van der Waals surface area contributed by atoms with Gasteiger partial charge < -0.3 is 14.8 Å². The number of halogens is 1. The number of rotatable bonds is 7. The second-order valence-corrected chi connectivity index (χ2v) is 7.00. The largest absolute Gasteiger partial charge is 0.497 e. The molecule has 6 heteroatoms. The van der Waals surface area contributed by atoms with Gasteiger partial charge in [0.25, 0.3) is 5.91 Å². The van der Waals surface area contributed by atoms with E-state index in [0.29, 0.717) is 22.9 Å². The molecule has 0 spiro atoms.